The van der Waals surface area contributed by atoms with Gasteiger partial charge in [0.25, 0.3) is 0 Å². The van der Waals surface area contributed by atoms with Crippen LogP contribution in [0.4, 0.5) is 10.6 Å². The van der Waals surface area contributed by atoms with Gasteiger partial charge < -0.3 is 20.3 Å². The molecule has 0 aliphatic heterocycles. The molecule has 0 aliphatic rings. The zero-order valence-electron chi connectivity index (χ0n) is 18.8. The fourth-order valence-electron chi connectivity index (χ4n) is 3.16. The van der Waals surface area contributed by atoms with E-state index in [2.05, 4.69) is 15.6 Å². The quantitative estimate of drug-likeness (QED) is 0.506. The number of ether oxygens (including phenoxy) is 1. The third-order valence-electron chi connectivity index (χ3n) is 4.65. The summed E-state index contributed by atoms with van der Waals surface area (Å²) in [7, 11) is 1.66. The third kappa shape index (κ3) is 8.72. The van der Waals surface area contributed by atoms with Crippen molar-refractivity contribution in [1.29, 1.82) is 0 Å². The van der Waals surface area contributed by atoms with Crippen LogP contribution in [0.15, 0.2) is 48.7 Å². The smallest absolute Gasteiger partial charge is 0.318 e. The predicted octanol–water partition coefficient (Wildman–Crippen LogP) is 5.07. The van der Waals surface area contributed by atoms with Gasteiger partial charge in [-0.05, 0) is 51.8 Å². The van der Waals surface area contributed by atoms with Crippen molar-refractivity contribution in [3.8, 4) is 5.75 Å². The van der Waals surface area contributed by atoms with E-state index in [-0.39, 0.29) is 11.6 Å². The number of hydrogen-bond acceptors (Lipinski definition) is 4. The number of hydrogen-bond donors (Lipinski definition) is 2. The van der Waals surface area contributed by atoms with Crippen LogP contribution in [0.25, 0.3) is 0 Å². The van der Waals surface area contributed by atoms with Gasteiger partial charge in [0.15, 0.2) is 0 Å². The van der Waals surface area contributed by atoms with Crippen molar-refractivity contribution in [1.82, 2.24) is 15.2 Å². The van der Waals surface area contributed by atoms with Gasteiger partial charge in [0, 0.05) is 30.4 Å². The van der Waals surface area contributed by atoms with E-state index in [1.807, 2.05) is 68.1 Å². The molecule has 2 N–H and O–H groups in total. The summed E-state index contributed by atoms with van der Waals surface area (Å²) in [6, 6.07) is 13.7. The molecule has 0 saturated carbocycles. The number of nitrogens with zero attached hydrogens (tertiary/aromatic N) is 2. The lowest BCUT2D eigenvalue weighted by molar-refractivity contribution is 0.184. The number of unbranched alkanes of at least 4 members (excludes halogenated alkanes) is 3. The summed E-state index contributed by atoms with van der Waals surface area (Å²) in [6.07, 6.45) is 6.03. The zero-order chi connectivity index (χ0) is 21.8. The molecule has 2 aromatic rings. The highest BCUT2D eigenvalue weighted by molar-refractivity contribution is 5.75. The highest BCUT2D eigenvalue weighted by Gasteiger charge is 2.20. The van der Waals surface area contributed by atoms with E-state index in [4.69, 9.17) is 4.74 Å². The van der Waals surface area contributed by atoms with Gasteiger partial charge in [-0.1, -0.05) is 37.1 Å². The van der Waals surface area contributed by atoms with Crippen LogP contribution in [-0.4, -0.2) is 41.7 Å². The van der Waals surface area contributed by atoms with Gasteiger partial charge in [-0.2, -0.15) is 0 Å². The topological polar surface area (TPSA) is 66.5 Å². The third-order valence-corrected chi connectivity index (χ3v) is 4.65. The predicted molar refractivity (Wildman–Crippen MR) is 123 cm³/mol. The van der Waals surface area contributed by atoms with Gasteiger partial charge in [0.1, 0.15) is 11.6 Å². The molecule has 6 heteroatoms. The monoisotopic (exact) mass is 412 g/mol. The standard InChI is InChI=1S/C24H36N4O2/c1-24(2,3)27-23(29)28(19-20-13-7-8-14-21(20)30-4)18-12-6-5-10-16-25-22-15-9-11-17-26-22/h7-9,11,13-15,17H,5-6,10,12,16,18-19H2,1-4H3,(H,25,26)(H,27,29). The summed E-state index contributed by atoms with van der Waals surface area (Å²) >= 11 is 0. The lowest BCUT2D eigenvalue weighted by Crippen LogP contribution is -2.48. The minimum atomic E-state index is -0.271. The molecular weight excluding hydrogens is 376 g/mol. The van der Waals surface area contributed by atoms with Crippen molar-refractivity contribution in [3.05, 3.63) is 54.2 Å². The second-order valence-electron chi connectivity index (χ2n) is 8.47. The molecule has 6 nitrogen and oxygen atoms in total. The Morgan fingerprint density at radius 2 is 1.77 bits per heavy atom. The molecule has 1 aromatic carbocycles. The largest absolute Gasteiger partial charge is 0.496 e. The molecule has 1 heterocycles. The lowest BCUT2D eigenvalue weighted by atomic mass is 10.1. The van der Waals surface area contributed by atoms with Crippen LogP contribution in [0, 0.1) is 0 Å². The van der Waals surface area contributed by atoms with Crippen molar-refractivity contribution in [2.75, 3.05) is 25.5 Å². The van der Waals surface area contributed by atoms with Crippen LogP contribution in [0.2, 0.25) is 0 Å². The number of aromatic nitrogens is 1. The molecule has 30 heavy (non-hydrogen) atoms. The van der Waals surface area contributed by atoms with Gasteiger partial charge in [-0.25, -0.2) is 9.78 Å². The number of carbonyl (C=O) groups is 1. The van der Waals surface area contributed by atoms with Crippen LogP contribution in [0.5, 0.6) is 5.75 Å². The fourth-order valence-corrected chi connectivity index (χ4v) is 3.16. The summed E-state index contributed by atoms with van der Waals surface area (Å²) < 4.78 is 5.46. The Morgan fingerprint density at radius 1 is 1.03 bits per heavy atom. The molecule has 0 spiro atoms. The molecule has 0 saturated heterocycles. The zero-order valence-corrected chi connectivity index (χ0v) is 18.8. The fraction of sp³-hybridized carbons (Fsp3) is 0.500. The van der Waals surface area contributed by atoms with Crippen LogP contribution in [0.1, 0.15) is 52.0 Å². The average molecular weight is 413 g/mol. The Balaban J connectivity index is 1.81. The van der Waals surface area contributed by atoms with Crippen LogP contribution < -0.4 is 15.4 Å². The summed E-state index contributed by atoms with van der Waals surface area (Å²) in [6.45, 7) is 8.16. The summed E-state index contributed by atoms with van der Waals surface area (Å²) in [5.74, 6) is 1.73. The van der Waals surface area contributed by atoms with Crippen molar-refractivity contribution in [2.24, 2.45) is 0 Å². The maximum atomic E-state index is 12.8. The van der Waals surface area contributed by atoms with Crippen molar-refractivity contribution in [2.45, 2.75) is 58.5 Å². The minimum absolute atomic E-state index is 0.0368. The number of pyridine rings is 1. The molecule has 0 unspecified atom stereocenters. The summed E-state index contributed by atoms with van der Waals surface area (Å²) in [5.41, 5.74) is 0.747. The Morgan fingerprint density at radius 3 is 2.47 bits per heavy atom. The molecule has 1 aromatic heterocycles. The number of carbonyl (C=O) groups excluding carboxylic acids is 1. The van der Waals surface area contributed by atoms with Gasteiger partial charge in [-0.15, -0.1) is 0 Å². The van der Waals surface area contributed by atoms with E-state index in [1.54, 1.807) is 13.3 Å². The molecule has 0 radical (unpaired) electrons. The van der Waals surface area contributed by atoms with Crippen LogP contribution >= 0.6 is 0 Å². The maximum Gasteiger partial charge on any atom is 0.318 e. The number of rotatable bonds is 11. The number of urea groups is 1. The van der Waals surface area contributed by atoms with Crippen molar-refractivity contribution >= 4 is 11.8 Å². The summed E-state index contributed by atoms with van der Waals surface area (Å²) in [4.78, 5) is 19.0. The maximum absolute atomic E-state index is 12.8. The summed E-state index contributed by atoms with van der Waals surface area (Å²) in [5, 5.41) is 6.42. The Labute approximate surface area is 181 Å². The SMILES string of the molecule is COc1ccccc1CN(CCCCCCNc1ccccn1)C(=O)NC(C)(C)C. The van der Waals surface area contributed by atoms with E-state index in [9.17, 15) is 4.79 Å². The normalized spacial score (nSPS) is 11.1. The Bertz CT molecular complexity index is 759. The first-order chi connectivity index (χ1) is 14.4. The molecular formula is C24H36N4O2. The molecule has 0 aliphatic carbocycles. The van der Waals surface area contributed by atoms with Gasteiger partial charge in [0.05, 0.1) is 13.7 Å². The second kappa shape index (κ2) is 12.1. The number of nitrogens with one attached hydrogen (secondary N) is 2. The molecule has 2 rings (SSSR count). The first kappa shape index (κ1) is 23.5. The van der Waals surface area contributed by atoms with E-state index < -0.39 is 0 Å². The molecule has 2 amide bonds. The Kier molecular flexibility index (Phi) is 9.45. The Hall–Kier alpha value is -2.76. The van der Waals surface area contributed by atoms with E-state index >= 15 is 0 Å². The van der Waals surface area contributed by atoms with Crippen molar-refractivity contribution in [3.63, 3.8) is 0 Å². The van der Waals surface area contributed by atoms with Crippen molar-refractivity contribution < 1.29 is 9.53 Å². The number of anilines is 1. The minimum Gasteiger partial charge on any atom is -0.496 e. The molecule has 0 bridgehead atoms. The molecule has 0 atom stereocenters. The lowest BCUT2D eigenvalue weighted by Gasteiger charge is -2.29. The van der Waals surface area contributed by atoms with E-state index in [0.717, 1.165) is 49.4 Å². The van der Waals surface area contributed by atoms with Gasteiger partial charge in [-0.3, -0.25) is 0 Å². The first-order valence-electron chi connectivity index (χ1n) is 10.7. The number of benzene rings is 1. The average Bonchev–Trinajstić information content (AvgIpc) is 2.72. The highest BCUT2D eigenvalue weighted by atomic mass is 16.5. The molecule has 164 valence electrons. The number of methoxy groups -OCH3 is 1. The van der Waals surface area contributed by atoms with E-state index in [0.29, 0.717) is 13.1 Å². The van der Waals surface area contributed by atoms with Crippen LogP contribution in [-0.2, 0) is 6.54 Å². The molecule has 0 fully saturated rings. The highest BCUT2D eigenvalue weighted by Crippen LogP contribution is 2.20. The second-order valence-corrected chi connectivity index (χ2v) is 8.47. The number of amides is 2. The number of para-hydroxylation sites is 1. The van der Waals surface area contributed by atoms with Gasteiger partial charge >= 0.3 is 6.03 Å². The van der Waals surface area contributed by atoms with E-state index in [1.165, 1.54) is 0 Å². The van der Waals surface area contributed by atoms with Gasteiger partial charge in [0.2, 0.25) is 0 Å². The first-order valence-corrected chi connectivity index (χ1v) is 10.7. The van der Waals surface area contributed by atoms with Crippen LogP contribution in [0.3, 0.4) is 0 Å².